The Morgan fingerprint density at radius 3 is 2.52 bits per heavy atom. The summed E-state index contributed by atoms with van der Waals surface area (Å²) >= 11 is 0. The van der Waals surface area contributed by atoms with Crippen LogP contribution in [0, 0.1) is 0 Å². The fourth-order valence-electron chi connectivity index (χ4n) is 2.36. The molecule has 1 atom stereocenters. The molecule has 0 radical (unpaired) electrons. The Balaban J connectivity index is 0.00000312. The highest BCUT2D eigenvalue weighted by atomic mass is 35.5. The van der Waals surface area contributed by atoms with Crippen LogP contribution in [-0.2, 0) is 11.3 Å². The van der Waals surface area contributed by atoms with E-state index in [0.29, 0.717) is 26.1 Å². The summed E-state index contributed by atoms with van der Waals surface area (Å²) in [5.74, 6) is -0.363. The zero-order chi connectivity index (χ0) is 17.4. The second-order valence-corrected chi connectivity index (χ2v) is 5.56. The molecule has 6 nitrogen and oxygen atoms in total. The molecule has 0 aliphatic heterocycles. The van der Waals surface area contributed by atoms with E-state index in [1.54, 1.807) is 24.0 Å². The maximum absolute atomic E-state index is 12.7. The summed E-state index contributed by atoms with van der Waals surface area (Å²) in [7, 11) is 0. The van der Waals surface area contributed by atoms with E-state index in [4.69, 9.17) is 10.2 Å². The largest absolute Gasteiger partial charge is 0.459 e. The van der Waals surface area contributed by atoms with Crippen molar-refractivity contribution in [3.05, 3.63) is 60.1 Å². The van der Waals surface area contributed by atoms with Gasteiger partial charge in [0.05, 0.1) is 6.26 Å². The third kappa shape index (κ3) is 6.25. The van der Waals surface area contributed by atoms with Crippen molar-refractivity contribution in [2.75, 3.05) is 13.1 Å². The van der Waals surface area contributed by atoms with Crippen molar-refractivity contribution in [1.82, 2.24) is 10.2 Å². The second kappa shape index (κ2) is 10.5. The lowest BCUT2D eigenvalue weighted by molar-refractivity contribution is -0.133. The van der Waals surface area contributed by atoms with Gasteiger partial charge in [0.15, 0.2) is 5.76 Å². The van der Waals surface area contributed by atoms with Crippen molar-refractivity contribution in [1.29, 1.82) is 0 Å². The molecule has 1 aromatic carbocycles. The first-order chi connectivity index (χ1) is 11.6. The smallest absolute Gasteiger partial charge is 0.287 e. The van der Waals surface area contributed by atoms with Crippen LogP contribution >= 0.6 is 12.4 Å². The van der Waals surface area contributed by atoms with Crippen molar-refractivity contribution in [2.24, 2.45) is 5.73 Å². The molecule has 3 N–H and O–H groups in total. The van der Waals surface area contributed by atoms with Gasteiger partial charge in [0.25, 0.3) is 5.91 Å². The van der Waals surface area contributed by atoms with Gasteiger partial charge in [0.1, 0.15) is 6.04 Å². The Morgan fingerprint density at radius 2 is 1.92 bits per heavy atom. The van der Waals surface area contributed by atoms with Crippen LogP contribution in [0.25, 0.3) is 0 Å². The second-order valence-electron chi connectivity index (χ2n) is 5.56. The highest BCUT2D eigenvalue weighted by Crippen LogP contribution is 2.08. The fraction of sp³-hybridized carbons (Fsp3) is 0.333. The Morgan fingerprint density at radius 1 is 1.20 bits per heavy atom. The lowest BCUT2D eigenvalue weighted by Crippen LogP contribution is -2.47. The number of carbonyl (C=O) groups is 2. The molecule has 0 bridgehead atoms. The number of hydrogen-bond acceptors (Lipinski definition) is 4. The van der Waals surface area contributed by atoms with Crippen molar-refractivity contribution < 1.29 is 14.0 Å². The normalized spacial score (nSPS) is 11.3. The Labute approximate surface area is 153 Å². The van der Waals surface area contributed by atoms with Crippen LogP contribution in [0.2, 0.25) is 0 Å². The minimum Gasteiger partial charge on any atom is -0.459 e. The van der Waals surface area contributed by atoms with Gasteiger partial charge in [-0.05, 0) is 37.6 Å². The summed E-state index contributed by atoms with van der Waals surface area (Å²) in [5, 5.41) is 2.67. The minimum absolute atomic E-state index is 0. The highest BCUT2D eigenvalue weighted by Gasteiger charge is 2.23. The average molecular weight is 366 g/mol. The number of hydrogen-bond donors (Lipinski definition) is 2. The molecule has 2 rings (SSSR count). The zero-order valence-corrected chi connectivity index (χ0v) is 15.0. The van der Waals surface area contributed by atoms with Gasteiger partial charge in [0, 0.05) is 13.1 Å². The van der Waals surface area contributed by atoms with Gasteiger partial charge in [-0.3, -0.25) is 9.59 Å². The number of amides is 2. The molecule has 2 aromatic rings. The fourth-order valence-corrected chi connectivity index (χ4v) is 2.36. The SMILES string of the molecule is CC(NC(=O)c1ccco1)C(=O)N(CCCN)Cc1ccccc1.Cl. The van der Waals surface area contributed by atoms with Crippen LogP contribution in [0.3, 0.4) is 0 Å². The van der Waals surface area contributed by atoms with Crippen molar-refractivity contribution >= 4 is 24.2 Å². The molecule has 25 heavy (non-hydrogen) atoms. The van der Waals surface area contributed by atoms with E-state index >= 15 is 0 Å². The monoisotopic (exact) mass is 365 g/mol. The zero-order valence-electron chi connectivity index (χ0n) is 14.2. The number of nitrogens with zero attached hydrogens (tertiary/aromatic N) is 1. The van der Waals surface area contributed by atoms with Crippen LogP contribution in [-0.4, -0.2) is 35.8 Å². The molecule has 1 unspecified atom stereocenters. The third-order valence-corrected chi connectivity index (χ3v) is 3.62. The molecule has 1 aromatic heterocycles. The molecular formula is C18H24ClN3O3. The summed E-state index contributed by atoms with van der Waals surface area (Å²) in [6.45, 7) is 3.21. The molecule has 2 amide bonds. The number of carbonyl (C=O) groups excluding carboxylic acids is 2. The van der Waals surface area contributed by atoms with Crippen molar-refractivity contribution in [3.8, 4) is 0 Å². The molecule has 1 heterocycles. The highest BCUT2D eigenvalue weighted by molar-refractivity contribution is 5.95. The molecule has 7 heteroatoms. The van der Waals surface area contributed by atoms with Gasteiger partial charge in [-0.2, -0.15) is 0 Å². The molecule has 0 spiro atoms. The molecule has 0 aliphatic rings. The maximum Gasteiger partial charge on any atom is 0.287 e. The standard InChI is InChI=1S/C18H23N3O3.ClH/c1-14(20-17(22)16-9-5-12-24-16)18(23)21(11-6-10-19)13-15-7-3-2-4-8-15;/h2-5,7-9,12,14H,6,10-11,13,19H2,1H3,(H,20,22);1H. The number of furan rings is 1. The van der Waals surface area contributed by atoms with Crippen molar-refractivity contribution in [2.45, 2.75) is 25.9 Å². The van der Waals surface area contributed by atoms with Crippen LogP contribution in [0.5, 0.6) is 0 Å². The van der Waals surface area contributed by atoms with Crippen LogP contribution in [0.4, 0.5) is 0 Å². The first kappa shape index (κ1) is 20.7. The third-order valence-electron chi connectivity index (χ3n) is 3.62. The summed E-state index contributed by atoms with van der Waals surface area (Å²) in [4.78, 5) is 26.4. The Kier molecular flexibility index (Phi) is 8.74. The molecule has 0 fully saturated rings. The van der Waals surface area contributed by atoms with E-state index in [9.17, 15) is 9.59 Å². The van der Waals surface area contributed by atoms with Crippen LogP contribution in [0.1, 0.15) is 29.5 Å². The van der Waals surface area contributed by atoms with E-state index < -0.39 is 11.9 Å². The molecule has 0 saturated heterocycles. The summed E-state index contributed by atoms with van der Waals surface area (Å²) < 4.78 is 5.04. The molecule has 0 aliphatic carbocycles. The molecule has 0 saturated carbocycles. The quantitative estimate of drug-likeness (QED) is 0.750. The van der Waals surface area contributed by atoms with Crippen LogP contribution in [0.15, 0.2) is 53.1 Å². The van der Waals surface area contributed by atoms with E-state index in [2.05, 4.69) is 5.32 Å². The number of benzene rings is 1. The Hall–Kier alpha value is -2.31. The summed E-state index contributed by atoms with van der Waals surface area (Å²) in [6, 6.07) is 12.3. The van der Waals surface area contributed by atoms with Gasteiger partial charge >= 0.3 is 0 Å². The summed E-state index contributed by atoms with van der Waals surface area (Å²) in [6.07, 6.45) is 2.13. The lowest BCUT2D eigenvalue weighted by atomic mass is 10.2. The van der Waals surface area contributed by atoms with Gasteiger partial charge < -0.3 is 20.4 Å². The van der Waals surface area contributed by atoms with E-state index in [1.807, 2.05) is 30.3 Å². The van der Waals surface area contributed by atoms with Gasteiger partial charge in [0.2, 0.25) is 5.91 Å². The molecule has 136 valence electrons. The number of nitrogens with two attached hydrogens (primary N) is 1. The van der Waals surface area contributed by atoms with Gasteiger partial charge in [-0.15, -0.1) is 12.4 Å². The van der Waals surface area contributed by atoms with Crippen molar-refractivity contribution in [3.63, 3.8) is 0 Å². The number of halogens is 1. The summed E-state index contributed by atoms with van der Waals surface area (Å²) in [5.41, 5.74) is 6.61. The first-order valence-electron chi connectivity index (χ1n) is 7.99. The maximum atomic E-state index is 12.7. The Bertz CT molecular complexity index is 647. The lowest BCUT2D eigenvalue weighted by Gasteiger charge is -2.26. The van der Waals surface area contributed by atoms with E-state index in [-0.39, 0.29) is 24.1 Å². The number of nitrogens with one attached hydrogen (secondary N) is 1. The van der Waals surface area contributed by atoms with Gasteiger partial charge in [-0.1, -0.05) is 30.3 Å². The molecular weight excluding hydrogens is 342 g/mol. The van der Waals surface area contributed by atoms with E-state index in [1.165, 1.54) is 6.26 Å². The van der Waals surface area contributed by atoms with Crippen LogP contribution < -0.4 is 11.1 Å². The predicted octanol–water partition coefficient (Wildman–Crippen LogP) is 2.20. The minimum atomic E-state index is -0.649. The average Bonchev–Trinajstić information content (AvgIpc) is 3.13. The van der Waals surface area contributed by atoms with Gasteiger partial charge in [-0.25, -0.2) is 0 Å². The topological polar surface area (TPSA) is 88.6 Å². The van der Waals surface area contributed by atoms with E-state index in [0.717, 1.165) is 5.56 Å². The first-order valence-corrected chi connectivity index (χ1v) is 7.99. The number of rotatable bonds is 8. The predicted molar refractivity (Wildman–Crippen MR) is 98.4 cm³/mol.